The molecule has 3 aromatic rings. The largest absolute Gasteiger partial charge is 0.349 e. The van der Waals surface area contributed by atoms with Crippen molar-refractivity contribution in [2.75, 3.05) is 13.1 Å². The number of hydrogen-bond donors (Lipinski definition) is 1. The van der Waals surface area contributed by atoms with Crippen molar-refractivity contribution in [1.82, 2.24) is 29.8 Å². The number of hydrogen-bond acceptors (Lipinski definition) is 6. The van der Waals surface area contributed by atoms with E-state index in [2.05, 4.69) is 20.8 Å². The van der Waals surface area contributed by atoms with Crippen LogP contribution in [0.2, 0.25) is 0 Å². The van der Waals surface area contributed by atoms with Gasteiger partial charge in [0.1, 0.15) is 6.33 Å². The second-order valence-electron chi connectivity index (χ2n) is 7.24. The maximum atomic E-state index is 12.8. The molecule has 0 bridgehead atoms. The van der Waals surface area contributed by atoms with Gasteiger partial charge in [-0.2, -0.15) is 8.99 Å². The molecule has 156 valence electrons. The van der Waals surface area contributed by atoms with Crippen LogP contribution >= 0.6 is 0 Å². The summed E-state index contributed by atoms with van der Waals surface area (Å²) in [6, 6.07) is 13.8. The SMILES string of the molecule is Cc1ccc(S(=O)(=O)N2CCC(NC(=O)c3ccccc3-n3cnnn3)CC2)cc1. The van der Waals surface area contributed by atoms with Crippen molar-refractivity contribution in [1.29, 1.82) is 0 Å². The minimum absolute atomic E-state index is 0.108. The lowest BCUT2D eigenvalue weighted by Gasteiger charge is -2.31. The summed E-state index contributed by atoms with van der Waals surface area (Å²) in [4.78, 5) is 13.1. The molecular weight excluding hydrogens is 404 g/mol. The van der Waals surface area contributed by atoms with Crippen molar-refractivity contribution in [3.8, 4) is 5.69 Å². The molecule has 1 aliphatic heterocycles. The molecule has 1 amide bonds. The lowest BCUT2D eigenvalue weighted by Crippen LogP contribution is -2.46. The Kier molecular flexibility index (Phi) is 5.60. The average Bonchev–Trinajstić information content (AvgIpc) is 3.29. The minimum atomic E-state index is -3.52. The number of para-hydroxylation sites is 1. The Morgan fingerprint density at radius 2 is 1.77 bits per heavy atom. The van der Waals surface area contributed by atoms with Crippen molar-refractivity contribution in [3.63, 3.8) is 0 Å². The predicted octanol–water partition coefficient (Wildman–Crippen LogP) is 1.55. The molecule has 30 heavy (non-hydrogen) atoms. The number of nitrogens with one attached hydrogen (secondary N) is 1. The van der Waals surface area contributed by atoms with Gasteiger partial charge in [-0.15, -0.1) is 5.10 Å². The van der Waals surface area contributed by atoms with Crippen LogP contribution in [0.4, 0.5) is 0 Å². The fourth-order valence-corrected chi connectivity index (χ4v) is 4.97. The van der Waals surface area contributed by atoms with Crippen molar-refractivity contribution < 1.29 is 13.2 Å². The number of aromatic nitrogens is 4. The van der Waals surface area contributed by atoms with E-state index in [1.807, 2.05) is 13.0 Å². The first-order valence-corrected chi connectivity index (χ1v) is 11.1. The Labute approximate surface area is 174 Å². The van der Waals surface area contributed by atoms with Gasteiger partial charge in [0, 0.05) is 19.1 Å². The fourth-order valence-electron chi connectivity index (χ4n) is 3.50. The molecule has 0 unspecified atom stereocenters. The summed E-state index contributed by atoms with van der Waals surface area (Å²) in [6.45, 7) is 2.63. The van der Waals surface area contributed by atoms with Gasteiger partial charge in [-0.25, -0.2) is 8.42 Å². The number of carbonyl (C=O) groups excluding carboxylic acids is 1. The van der Waals surface area contributed by atoms with Crippen molar-refractivity contribution in [2.24, 2.45) is 0 Å². The second kappa shape index (κ2) is 8.33. The number of carbonyl (C=O) groups is 1. The summed E-state index contributed by atoms with van der Waals surface area (Å²) in [5, 5.41) is 14.1. The van der Waals surface area contributed by atoms with E-state index in [9.17, 15) is 13.2 Å². The van der Waals surface area contributed by atoms with Crippen LogP contribution in [0.3, 0.4) is 0 Å². The van der Waals surface area contributed by atoms with E-state index in [1.54, 1.807) is 42.5 Å². The smallest absolute Gasteiger partial charge is 0.253 e. The first-order valence-electron chi connectivity index (χ1n) is 9.65. The molecule has 0 spiro atoms. The van der Waals surface area contributed by atoms with Gasteiger partial charge in [0.05, 0.1) is 16.1 Å². The second-order valence-corrected chi connectivity index (χ2v) is 9.17. The zero-order chi connectivity index (χ0) is 21.1. The molecule has 1 saturated heterocycles. The van der Waals surface area contributed by atoms with Gasteiger partial charge in [-0.1, -0.05) is 29.8 Å². The lowest BCUT2D eigenvalue weighted by molar-refractivity contribution is 0.0923. The summed E-state index contributed by atoms with van der Waals surface area (Å²) in [6.07, 6.45) is 2.52. The van der Waals surface area contributed by atoms with Gasteiger partial charge >= 0.3 is 0 Å². The highest BCUT2D eigenvalue weighted by atomic mass is 32.2. The summed E-state index contributed by atoms with van der Waals surface area (Å²) in [5.41, 5.74) is 2.05. The summed E-state index contributed by atoms with van der Waals surface area (Å²) in [5.74, 6) is -0.235. The molecule has 1 aliphatic rings. The molecule has 1 aromatic heterocycles. The molecule has 2 heterocycles. The van der Waals surface area contributed by atoms with Crippen LogP contribution in [0.25, 0.3) is 5.69 Å². The Balaban J connectivity index is 1.41. The Morgan fingerprint density at radius 1 is 1.07 bits per heavy atom. The minimum Gasteiger partial charge on any atom is -0.349 e. The van der Waals surface area contributed by atoms with Crippen LogP contribution in [0.15, 0.2) is 59.8 Å². The van der Waals surface area contributed by atoms with E-state index in [0.717, 1.165) is 5.56 Å². The number of amides is 1. The summed E-state index contributed by atoms with van der Waals surface area (Å²) < 4.78 is 28.6. The lowest BCUT2D eigenvalue weighted by atomic mass is 10.1. The molecule has 4 rings (SSSR count). The van der Waals surface area contributed by atoms with E-state index >= 15 is 0 Å². The molecule has 0 saturated carbocycles. The van der Waals surface area contributed by atoms with Crippen LogP contribution in [-0.4, -0.2) is 58.0 Å². The average molecular weight is 427 g/mol. The molecule has 1 fully saturated rings. The quantitative estimate of drug-likeness (QED) is 0.663. The number of nitrogens with zero attached hydrogens (tertiary/aromatic N) is 5. The molecular formula is C20H22N6O3S. The number of benzene rings is 2. The Morgan fingerprint density at radius 3 is 2.43 bits per heavy atom. The number of tetrazole rings is 1. The standard InChI is InChI=1S/C20H22N6O3S/c1-15-6-8-17(9-7-15)30(28,29)25-12-10-16(11-13-25)22-20(27)18-4-2-3-5-19(18)26-14-21-23-24-26/h2-9,14,16H,10-13H2,1H3,(H,22,27). The molecule has 0 atom stereocenters. The first kappa shape index (κ1) is 20.2. The van der Waals surface area contributed by atoms with Crippen LogP contribution < -0.4 is 5.32 Å². The third-order valence-electron chi connectivity index (χ3n) is 5.19. The highest BCUT2D eigenvalue weighted by Crippen LogP contribution is 2.22. The van der Waals surface area contributed by atoms with E-state index in [4.69, 9.17) is 0 Å². The van der Waals surface area contributed by atoms with Crippen LogP contribution in [0.1, 0.15) is 28.8 Å². The van der Waals surface area contributed by atoms with Crippen molar-refractivity contribution in [2.45, 2.75) is 30.7 Å². The van der Waals surface area contributed by atoms with Crippen molar-refractivity contribution >= 4 is 15.9 Å². The van der Waals surface area contributed by atoms with Gasteiger partial charge in [0.15, 0.2) is 0 Å². The summed E-state index contributed by atoms with van der Waals surface area (Å²) in [7, 11) is -3.52. The molecule has 10 heteroatoms. The third-order valence-corrected chi connectivity index (χ3v) is 7.11. The third kappa shape index (κ3) is 4.10. The summed E-state index contributed by atoms with van der Waals surface area (Å²) >= 11 is 0. The molecule has 9 nitrogen and oxygen atoms in total. The maximum Gasteiger partial charge on any atom is 0.253 e. The molecule has 2 aromatic carbocycles. The van der Waals surface area contributed by atoms with E-state index < -0.39 is 10.0 Å². The number of sulfonamides is 1. The van der Waals surface area contributed by atoms with Crippen molar-refractivity contribution in [3.05, 3.63) is 66.0 Å². The van der Waals surface area contributed by atoms with E-state index in [1.165, 1.54) is 15.3 Å². The molecule has 0 aliphatic carbocycles. The topological polar surface area (TPSA) is 110 Å². The zero-order valence-corrected chi connectivity index (χ0v) is 17.3. The van der Waals surface area contributed by atoms with Crippen LogP contribution in [0.5, 0.6) is 0 Å². The number of aryl methyl sites for hydroxylation is 1. The van der Waals surface area contributed by atoms with Gasteiger partial charge in [0.2, 0.25) is 10.0 Å². The maximum absolute atomic E-state index is 12.8. The van der Waals surface area contributed by atoms with Crippen LogP contribution in [-0.2, 0) is 10.0 Å². The van der Waals surface area contributed by atoms with Gasteiger partial charge in [-0.05, 0) is 54.5 Å². The monoisotopic (exact) mass is 426 g/mol. The van der Waals surface area contributed by atoms with Crippen LogP contribution in [0, 0.1) is 6.92 Å². The Bertz CT molecular complexity index is 1120. The van der Waals surface area contributed by atoms with Gasteiger partial charge in [0.25, 0.3) is 5.91 Å². The van der Waals surface area contributed by atoms with Gasteiger partial charge in [-0.3, -0.25) is 4.79 Å². The normalized spacial score (nSPS) is 15.8. The Hall–Kier alpha value is -3.11. The van der Waals surface area contributed by atoms with Gasteiger partial charge < -0.3 is 5.32 Å². The first-order chi connectivity index (χ1) is 14.4. The number of rotatable bonds is 5. The van der Waals surface area contributed by atoms with E-state index in [0.29, 0.717) is 42.1 Å². The molecule has 0 radical (unpaired) electrons. The molecule has 1 N–H and O–H groups in total. The fraction of sp³-hybridized carbons (Fsp3) is 0.300. The predicted molar refractivity (Wildman–Crippen MR) is 110 cm³/mol. The number of piperidine rings is 1. The van der Waals surface area contributed by atoms with E-state index in [-0.39, 0.29) is 11.9 Å². The zero-order valence-electron chi connectivity index (χ0n) is 16.5. The highest BCUT2D eigenvalue weighted by molar-refractivity contribution is 7.89. The highest BCUT2D eigenvalue weighted by Gasteiger charge is 2.30.